The Bertz CT molecular complexity index is 131. The first-order valence-corrected chi connectivity index (χ1v) is 6.01. The van der Waals surface area contributed by atoms with Crippen LogP contribution in [0.15, 0.2) is 0 Å². The van der Waals surface area contributed by atoms with Crippen molar-refractivity contribution in [3.8, 4) is 0 Å². The van der Waals surface area contributed by atoms with Gasteiger partial charge in [0, 0.05) is 6.04 Å². The van der Waals surface area contributed by atoms with E-state index in [0.29, 0.717) is 6.61 Å². The SMILES string of the molecule is C1CC1.CCC.CCOC(=O)NC(C)C. The average molecular weight is 217 g/mol. The molecule has 0 radical (unpaired) electrons. The molecule has 0 spiro atoms. The second-order valence-electron chi connectivity index (χ2n) is 3.79. The molecule has 0 aliphatic heterocycles. The molecule has 1 N–H and O–H groups in total. The van der Waals surface area contributed by atoms with E-state index in [-0.39, 0.29) is 12.1 Å². The van der Waals surface area contributed by atoms with Crippen molar-refractivity contribution in [3.63, 3.8) is 0 Å². The van der Waals surface area contributed by atoms with Crippen LogP contribution in [0.25, 0.3) is 0 Å². The number of carbonyl (C=O) groups excluding carboxylic acids is 1. The topological polar surface area (TPSA) is 38.3 Å². The number of nitrogens with one attached hydrogen (secondary N) is 1. The minimum absolute atomic E-state index is 0.157. The fourth-order valence-corrected chi connectivity index (χ4v) is 0.408. The monoisotopic (exact) mass is 217 g/mol. The van der Waals surface area contributed by atoms with Gasteiger partial charge >= 0.3 is 6.09 Å². The Balaban J connectivity index is 0. The lowest BCUT2D eigenvalue weighted by Gasteiger charge is -2.06. The summed E-state index contributed by atoms with van der Waals surface area (Å²) in [4.78, 5) is 10.5. The molecule has 0 aromatic carbocycles. The molecule has 3 nitrogen and oxygen atoms in total. The fraction of sp³-hybridized carbons (Fsp3) is 0.917. The van der Waals surface area contributed by atoms with E-state index in [4.69, 9.17) is 0 Å². The van der Waals surface area contributed by atoms with Gasteiger partial charge in [-0.2, -0.15) is 0 Å². The van der Waals surface area contributed by atoms with Crippen molar-refractivity contribution in [2.75, 3.05) is 6.61 Å². The Hall–Kier alpha value is -0.730. The van der Waals surface area contributed by atoms with Crippen LogP contribution in [-0.4, -0.2) is 18.7 Å². The third kappa shape index (κ3) is 31.9. The summed E-state index contributed by atoms with van der Waals surface area (Å²) in [5.41, 5.74) is 0. The van der Waals surface area contributed by atoms with Gasteiger partial charge in [-0.1, -0.05) is 39.5 Å². The van der Waals surface area contributed by atoms with Gasteiger partial charge in [0.15, 0.2) is 0 Å². The summed E-state index contributed by atoms with van der Waals surface area (Å²) in [6.45, 7) is 10.2. The average Bonchev–Trinajstić information content (AvgIpc) is 2.89. The number of hydrogen-bond donors (Lipinski definition) is 1. The van der Waals surface area contributed by atoms with Gasteiger partial charge in [0.2, 0.25) is 0 Å². The van der Waals surface area contributed by atoms with Crippen molar-refractivity contribution in [2.24, 2.45) is 0 Å². The van der Waals surface area contributed by atoms with Crippen molar-refractivity contribution in [1.82, 2.24) is 5.32 Å². The van der Waals surface area contributed by atoms with E-state index in [0.717, 1.165) is 0 Å². The molecule has 1 rings (SSSR count). The van der Waals surface area contributed by atoms with Gasteiger partial charge in [0.25, 0.3) is 0 Å². The zero-order valence-electron chi connectivity index (χ0n) is 10.9. The van der Waals surface area contributed by atoms with E-state index < -0.39 is 0 Å². The molecule has 0 aromatic heterocycles. The van der Waals surface area contributed by atoms with E-state index in [1.807, 2.05) is 13.8 Å². The Labute approximate surface area is 94.6 Å². The zero-order valence-corrected chi connectivity index (χ0v) is 10.9. The van der Waals surface area contributed by atoms with Crippen LogP contribution in [0.1, 0.15) is 60.3 Å². The normalized spacial score (nSPS) is 11.6. The number of hydrogen-bond acceptors (Lipinski definition) is 2. The molecular weight excluding hydrogens is 190 g/mol. The molecule has 1 amide bonds. The summed E-state index contributed by atoms with van der Waals surface area (Å²) in [7, 11) is 0. The fourth-order valence-electron chi connectivity index (χ4n) is 0.408. The Kier molecular flexibility index (Phi) is 14.8. The molecule has 0 unspecified atom stereocenters. The maximum absolute atomic E-state index is 10.5. The molecule has 0 atom stereocenters. The molecule has 15 heavy (non-hydrogen) atoms. The van der Waals surface area contributed by atoms with E-state index in [1.165, 1.54) is 25.7 Å². The third-order valence-electron chi connectivity index (χ3n) is 1.04. The first-order valence-electron chi connectivity index (χ1n) is 6.01. The molecular formula is C12H27NO2. The Morgan fingerprint density at radius 3 is 1.80 bits per heavy atom. The first-order chi connectivity index (χ1) is 7.08. The zero-order chi connectivity index (χ0) is 12.1. The molecule has 3 heteroatoms. The van der Waals surface area contributed by atoms with Gasteiger partial charge < -0.3 is 10.1 Å². The Morgan fingerprint density at radius 2 is 1.60 bits per heavy atom. The highest BCUT2D eigenvalue weighted by atomic mass is 16.5. The lowest BCUT2D eigenvalue weighted by atomic mass is 10.4. The van der Waals surface area contributed by atoms with Crippen molar-refractivity contribution >= 4 is 6.09 Å². The smallest absolute Gasteiger partial charge is 0.407 e. The molecule has 0 saturated heterocycles. The van der Waals surface area contributed by atoms with E-state index in [2.05, 4.69) is 23.9 Å². The lowest BCUT2D eigenvalue weighted by molar-refractivity contribution is 0.149. The summed E-state index contributed by atoms with van der Waals surface area (Å²) >= 11 is 0. The highest BCUT2D eigenvalue weighted by Gasteiger charge is 1.99. The number of carbonyl (C=O) groups is 1. The molecule has 92 valence electrons. The molecule has 0 bridgehead atoms. The van der Waals surface area contributed by atoms with Crippen molar-refractivity contribution in [1.29, 1.82) is 0 Å². The number of ether oxygens (including phenoxy) is 1. The van der Waals surface area contributed by atoms with Crippen LogP contribution in [0, 0.1) is 0 Å². The summed E-state index contributed by atoms with van der Waals surface area (Å²) in [6.07, 6.45) is 5.41. The van der Waals surface area contributed by atoms with Gasteiger partial charge in [-0.15, -0.1) is 0 Å². The highest BCUT2D eigenvalue weighted by molar-refractivity contribution is 5.67. The largest absolute Gasteiger partial charge is 0.450 e. The van der Waals surface area contributed by atoms with Crippen LogP contribution in [0.3, 0.4) is 0 Å². The predicted molar refractivity (Wildman–Crippen MR) is 65.1 cm³/mol. The maximum Gasteiger partial charge on any atom is 0.407 e. The summed E-state index contributed by atoms with van der Waals surface area (Å²) in [5.74, 6) is 0. The summed E-state index contributed by atoms with van der Waals surface area (Å²) < 4.78 is 4.60. The molecule has 1 saturated carbocycles. The Morgan fingerprint density at radius 1 is 1.20 bits per heavy atom. The van der Waals surface area contributed by atoms with Crippen molar-refractivity contribution in [2.45, 2.75) is 66.3 Å². The maximum atomic E-state index is 10.5. The molecule has 0 heterocycles. The highest BCUT2D eigenvalue weighted by Crippen LogP contribution is 2.14. The molecule has 1 fully saturated rings. The van der Waals surface area contributed by atoms with E-state index in [9.17, 15) is 4.79 Å². The molecule has 0 aromatic rings. The van der Waals surface area contributed by atoms with Crippen LogP contribution < -0.4 is 5.32 Å². The number of alkyl carbamates (subject to hydrolysis) is 1. The minimum Gasteiger partial charge on any atom is -0.450 e. The van der Waals surface area contributed by atoms with Crippen LogP contribution in [-0.2, 0) is 4.74 Å². The first kappa shape index (κ1) is 16.7. The van der Waals surface area contributed by atoms with Crippen LogP contribution in [0.2, 0.25) is 0 Å². The molecule has 1 aliphatic rings. The van der Waals surface area contributed by atoms with Crippen LogP contribution in [0.4, 0.5) is 4.79 Å². The van der Waals surface area contributed by atoms with Crippen molar-refractivity contribution < 1.29 is 9.53 Å². The summed E-state index contributed by atoms with van der Waals surface area (Å²) in [5, 5.41) is 2.58. The van der Waals surface area contributed by atoms with Crippen LogP contribution in [0.5, 0.6) is 0 Å². The van der Waals surface area contributed by atoms with Crippen molar-refractivity contribution in [3.05, 3.63) is 0 Å². The van der Waals surface area contributed by atoms with Gasteiger partial charge in [-0.05, 0) is 20.8 Å². The quantitative estimate of drug-likeness (QED) is 0.765. The van der Waals surface area contributed by atoms with Gasteiger partial charge in [-0.25, -0.2) is 4.79 Å². The van der Waals surface area contributed by atoms with Gasteiger partial charge in [0.1, 0.15) is 0 Å². The number of amides is 1. The minimum atomic E-state index is -0.340. The van der Waals surface area contributed by atoms with E-state index >= 15 is 0 Å². The summed E-state index contributed by atoms with van der Waals surface area (Å²) in [6, 6.07) is 0.157. The van der Waals surface area contributed by atoms with Crippen LogP contribution >= 0.6 is 0 Å². The molecule has 1 aliphatic carbocycles. The second-order valence-corrected chi connectivity index (χ2v) is 3.79. The standard InChI is InChI=1S/C6H13NO2.C3H6.C3H8/c1-4-9-6(8)7-5(2)3;1-2-3-1;1-3-2/h5H,4H2,1-3H3,(H,7,8);1-3H2;3H2,1-2H3. The van der Waals surface area contributed by atoms with Gasteiger partial charge in [-0.3, -0.25) is 0 Å². The third-order valence-corrected chi connectivity index (χ3v) is 1.04. The predicted octanol–water partition coefficient (Wildman–Crippen LogP) is 3.73. The second kappa shape index (κ2) is 13.3. The van der Waals surface area contributed by atoms with E-state index in [1.54, 1.807) is 6.92 Å². The lowest BCUT2D eigenvalue weighted by Crippen LogP contribution is -2.30. The van der Waals surface area contributed by atoms with Gasteiger partial charge in [0.05, 0.1) is 6.61 Å². The number of rotatable bonds is 2.